The van der Waals surface area contributed by atoms with Gasteiger partial charge in [-0.1, -0.05) is 0 Å². The Morgan fingerprint density at radius 1 is 1.26 bits per heavy atom. The van der Waals surface area contributed by atoms with E-state index in [1.54, 1.807) is 6.07 Å². The Bertz CT molecular complexity index is 636. The number of phenols is 2. The third kappa shape index (κ3) is 3.35. The number of hydrogen-bond donors (Lipinski definition) is 3. The lowest BCUT2D eigenvalue weighted by Crippen LogP contribution is -2.16. The first kappa shape index (κ1) is 13.2. The Labute approximate surface area is 116 Å². The number of nitrogens with one attached hydrogen (secondary N) is 1. The number of nitrogens with zero attached hydrogens (tertiary/aromatic N) is 1. The summed E-state index contributed by atoms with van der Waals surface area (Å²) in [6.07, 6.45) is 1.33. The molecule has 0 bridgehead atoms. The number of phenolic OH excluding ortho intramolecular Hbond substituents is 2. The van der Waals surface area contributed by atoms with Crippen LogP contribution >= 0.6 is 15.9 Å². The fourth-order valence-electron chi connectivity index (χ4n) is 1.28. The van der Waals surface area contributed by atoms with Crippen molar-refractivity contribution in [3.63, 3.8) is 0 Å². The molecule has 98 valence electrons. The first-order valence-electron chi connectivity index (χ1n) is 5.17. The Morgan fingerprint density at radius 2 is 2.05 bits per heavy atom. The first-order valence-corrected chi connectivity index (χ1v) is 5.96. The number of furan rings is 1. The fourth-order valence-corrected chi connectivity index (χ4v) is 1.58. The molecule has 1 aromatic carbocycles. The highest BCUT2D eigenvalue weighted by molar-refractivity contribution is 9.10. The van der Waals surface area contributed by atoms with Gasteiger partial charge in [-0.2, -0.15) is 5.10 Å². The van der Waals surface area contributed by atoms with E-state index in [9.17, 15) is 9.90 Å². The van der Waals surface area contributed by atoms with Gasteiger partial charge in [-0.3, -0.25) is 4.79 Å². The molecule has 7 heteroatoms. The fraction of sp³-hybridized carbons (Fsp3) is 0. The summed E-state index contributed by atoms with van der Waals surface area (Å²) in [6, 6.07) is 7.27. The van der Waals surface area contributed by atoms with Crippen molar-refractivity contribution in [2.75, 3.05) is 0 Å². The highest BCUT2D eigenvalue weighted by Gasteiger charge is 2.08. The molecule has 2 rings (SSSR count). The summed E-state index contributed by atoms with van der Waals surface area (Å²) in [7, 11) is 0. The van der Waals surface area contributed by atoms with Gasteiger partial charge in [-0.15, -0.1) is 0 Å². The van der Waals surface area contributed by atoms with E-state index >= 15 is 0 Å². The van der Waals surface area contributed by atoms with Crippen LogP contribution in [-0.4, -0.2) is 22.3 Å². The number of hydrazone groups is 1. The van der Waals surface area contributed by atoms with Crippen molar-refractivity contribution in [3.05, 3.63) is 46.3 Å². The molecule has 1 amide bonds. The predicted octanol–water partition coefficient (Wildman–Crippen LogP) is 2.22. The van der Waals surface area contributed by atoms with Gasteiger partial charge in [0.2, 0.25) is 0 Å². The smallest absolute Gasteiger partial charge is 0.307 e. The average molecular weight is 325 g/mol. The second-order valence-corrected chi connectivity index (χ2v) is 4.33. The van der Waals surface area contributed by atoms with E-state index in [0.717, 1.165) is 0 Å². The van der Waals surface area contributed by atoms with Crippen molar-refractivity contribution in [2.24, 2.45) is 5.10 Å². The molecule has 3 N–H and O–H groups in total. The third-order valence-corrected chi connectivity index (χ3v) is 2.60. The number of aromatic hydroxyl groups is 2. The van der Waals surface area contributed by atoms with Crippen molar-refractivity contribution < 1.29 is 19.4 Å². The molecule has 0 fully saturated rings. The van der Waals surface area contributed by atoms with Gasteiger partial charge < -0.3 is 14.6 Å². The number of amides is 1. The zero-order valence-corrected chi connectivity index (χ0v) is 11.1. The Morgan fingerprint density at radius 3 is 2.68 bits per heavy atom. The number of carbonyl (C=O) groups is 1. The zero-order valence-electron chi connectivity index (χ0n) is 9.50. The minimum Gasteiger partial charge on any atom is -0.504 e. The molecular formula is C12H9BrN2O4. The quantitative estimate of drug-likeness (QED) is 0.458. The van der Waals surface area contributed by atoms with E-state index < -0.39 is 5.91 Å². The number of hydrogen-bond acceptors (Lipinski definition) is 5. The van der Waals surface area contributed by atoms with Crippen molar-refractivity contribution in [1.82, 2.24) is 5.43 Å². The maximum absolute atomic E-state index is 11.5. The van der Waals surface area contributed by atoms with Gasteiger partial charge in [-0.05, 0) is 51.8 Å². The molecule has 0 unspecified atom stereocenters. The monoisotopic (exact) mass is 324 g/mol. The lowest BCUT2D eigenvalue weighted by atomic mass is 10.2. The van der Waals surface area contributed by atoms with E-state index in [0.29, 0.717) is 10.2 Å². The zero-order chi connectivity index (χ0) is 13.8. The summed E-state index contributed by atoms with van der Waals surface area (Å²) in [5.41, 5.74) is 2.79. The summed E-state index contributed by atoms with van der Waals surface area (Å²) in [6.45, 7) is 0. The van der Waals surface area contributed by atoms with Gasteiger partial charge in [0, 0.05) is 0 Å². The van der Waals surface area contributed by atoms with Crippen LogP contribution in [-0.2, 0) is 0 Å². The van der Waals surface area contributed by atoms with E-state index in [-0.39, 0.29) is 17.3 Å². The number of halogens is 1. The third-order valence-electron chi connectivity index (χ3n) is 2.18. The molecule has 1 aromatic heterocycles. The molecule has 0 radical (unpaired) electrons. The topological polar surface area (TPSA) is 95.1 Å². The van der Waals surface area contributed by atoms with E-state index in [2.05, 4.69) is 26.5 Å². The van der Waals surface area contributed by atoms with E-state index in [1.165, 1.54) is 30.5 Å². The van der Waals surface area contributed by atoms with Crippen molar-refractivity contribution in [2.45, 2.75) is 0 Å². The highest BCUT2D eigenvalue weighted by Crippen LogP contribution is 2.23. The molecule has 0 spiro atoms. The molecule has 0 saturated carbocycles. The Balaban J connectivity index is 2.00. The molecule has 2 aromatic rings. The van der Waals surface area contributed by atoms with Crippen LogP contribution in [0.5, 0.6) is 11.5 Å². The standard InChI is InChI=1S/C12H9BrN2O4/c13-11-4-3-10(19-11)12(18)15-14-6-7-1-2-8(16)9(17)5-7/h1-6,16-17H,(H,15,18)/b14-6+. The Hall–Kier alpha value is -2.28. The minimum absolute atomic E-state index is 0.123. The molecule has 0 saturated heterocycles. The summed E-state index contributed by atoms with van der Waals surface area (Å²) >= 11 is 3.08. The van der Waals surface area contributed by atoms with Crippen LogP contribution in [0, 0.1) is 0 Å². The number of benzene rings is 1. The first-order chi connectivity index (χ1) is 9.06. The SMILES string of the molecule is O=C(N/N=C/c1ccc(O)c(O)c1)c1ccc(Br)o1. The average Bonchev–Trinajstić information content (AvgIpc) is 2.80. The largest absolute Gasteiger partial charge is 0.504 e. The summed E-state index contributed by atoms with van der Waals surface area (Å²) in [5, 5.41) is 22.1. The van der Waals surface area contributed by atoms with Crippen molar-refractivity contribution in [1.29, 1.82) is 0 Å². The van der Waals surface area contributed by atoms with Crippen LogP contribution < -0.4 is 5.43 Å². The molecule has 0 atom stereocenters. The van der Waals surface area contributed by atoms with Gasteiger partial charge in [0.1, 0.15) is 0 Å². The normalized spacial score (nSPS) is 10.8. The van der Waals surface area contributed by atoms with Crippen LogP contribution in [0.3, 0.4) is 0 Å². The molecule has 0 aliphatic rings. The van der Waals surface area contributed by atoms with Gasteiger partial charge in [0.05, 0.1) is 6.21 Å². The van der Waals surface area contributed by atoms with Crippen LogP contribution in [0.15, 0.2) is 44.5 Å². The number of rotatable bonds is 3. The predicted molar refractivity (Wildman–Crippen MR) is 71.2 cm³/mol. The van der Waals surface area contributed by atoms with Crippen LogP contribution in [0.25, 0.3) is 0 Å². The maximum Gasteiger partial charge on any atom is 0.307 e. The van der Waals surface area contributed by atoms with Crippen LogP contribution in [0.2, 0.25) is 0 Å². The lowest BCUT2D eigenvalue weighted by molar-refractivity contribution is 0.0926. The van der Waals surface area contributed by atoms with Gasteiger partial charge in [0.15, 0.2) is 21.9 Å². The van der Waals surface area contributed by atoms with Gasteiger partial charge in [0.25, 0.3) is 0 Å². The molecule has 1 heterocycles. The van der Waals surface area contributed by atoms with E-state index in [4.69, 9.17) is 9.52 Å². The van der Waals surface area contributed by atoms with Crippen molar-refractivity contribution >= 4 is 28.1 Å². The van der Waals surface area contributed by atoms with Gasteiger partial charge >= 0.3 is 5.91 Å². The molecule has 19 heavy (non-hydrogen) atoms. The highest BCUT2D eigenvalue weighted by atomic mass is 79.9. The lowest BCUT2D eigenvalue weighted by Gasteiger charge is -1.98. The summed E-state index contributed by atoms with van der Waals surface area (Å²) < 4.78 is 5.49. The van der Waals surface area contributed by atoms with Gasteiger partial charge in [-0.25, -0.2) is 5.43 Å². The summed E-state index contributed by atoms with van der Waals surface area (Å²) in [5.74, 6) is -0.852. The molecule has 0 aliphatic heterocycles. The van der Waals surface area contributed by atoms with E-state index in [1.807, 2.05) is 0 Å². The van der Waals surface area contributed by atoms with Crippen molar-refractivity contribution in [3.8, 4) is 11.5 Å². The second-order valence-electron chi connectivity index (χ2n) is 3.55. The Kier molecular flexibility index (Phi) is 3.86. The second kappa shape index (κ2) is 5.57. The van der Waals surface area contributed by atoms with Crippen LogP contribution in [0.1, 0.15) is 16.1 Å². The molecule has 6 nitrogen and oxygen atoms in total. The number of carbonyl (C=O) groups excluding carboxylic acids is 1. The maximum atomic E-state index is 11.5. The molecular weight excluding hydrogens is 316 g/mol. The van der Waals surface area contributed by atoms with Crippen LogP contribution in [0.4, 0.5) is 0 Å². The minimum atomic E-state index is -0.495. The molecule has 0 aliphatic carbocycles. The summed E-state index contributed by atoms with van der Waals surface area (Å²) in [4.78, 5) is 11.5.